The third-order valence-electron chi connectivity index (χ3n) is 5.74. The Bertz CT molecular complexity index is 1070. The zero-order valence-corrected chi connectivity index (χ0v) is 18.3. The van der Waals surface area contributed by atoms with E-state index in [2.05, 4.69) is 10.3 Å². The van der Waals surface area contributed by atoms with Crippen molar-refractivity contribution in [3.8, 4) is 11.6 Å². The summed E-state index contributed by atoms with van der Waals surface area (Å²) in [5, 5.41) is 2.99. The summed E-state index contributed by atoms with van der Waals surface area (Å²) in [4.78, 5) is 31.1. The average Bonchev–Trinajstić information content (AvgIpc) is 3.35. The third kappa shape index (κ3) is 5.17. The van der Waals surface area contributed by atoms with E-state index < -0.39 is 0 Å². The lowest BCUT2D eigenvalue weighted by molar-refractivity contribution is -0.126. The molecule has 1 fully saturated rings. The number of pyridine rings is 1. The molecular weight excluding hydrogens is 406 g/mol. The molecule has 0 aliphatic carbocycles. The van der Waals surface area contributed by atoms with Crippen LogP contribution in [0.5, 0.6) is 11.6 Å². The molecular formula is C25H27N3O4. The highest BCUT2D eigenvalue weighted by molar-refractivity contribution is 5.94. The number of aromatic nitrogens is 1. The van der Waals surface area contributed by atoms with Crippen LogP contribution >= 0.6 is 0 Å². The van der Waals surface area contributed by atoms with Crippen LogP contribution < -0.4 is 10.1 Å². The minimum Gasteiger partial charge on any atom is -0.472 e. The van der Waals surface area contributed by atoms with Crippen LogP contribution in [0.4, 0.5) is 0 Å². The topological polar surface area (TPSA) is 84.7 Å². The summed E-state index contributed by atoms with van der Waals surface area (Å²) in [5.41, 5.74) is 3.62. The molecule has 2 amide bonds. The van der Waals surface area contributed by atoms with E-state index in [-0.39, 0.29) is 17.7 Å². The highest BCUT2D eigenvalue weighted by Crippen LogP contribution is 2.25. The molecule has 0 atom stereocenters. The number of rotatable bonds is 6. The summed E-state index contributed by atoms with van der Waals surface area (Å²) in [6.07, 6.45) is 5.96. The molecule has 7 nitrogen and oxygen atoms in total. The molecule has 1 N–H and O–H groups in total. The predicted octanol–water partition coefficient (Wildman–Crippen LogP) is 4.25. The van der Waals surface area contributed by atoms with Crippen molar-refractivity contribution in [3.63, 3.8) is 0 Å². The number of carbonyl (C=O) groups is 2. The monoisotopic (exact) mass is 433 g/mol. The standard InChI is InChI=1S/C25H27N3O4/c1-17-3-4-18(2)22(13-17)32-23-6-5-19(14-26-23)15-27-24(29)20-7-10-28(11-8-20)25(30)21-9-12-31-16-21/h3-6,9,12-14,16,20H,7-8,10-11,15H2,1-2H3,(H,27,29). The Morgan fingerprint density at radius 3 is 2.66 bits per heavy atom. The Hall–Kier alpha value is -3.61. The number of hydrogen-bond acceptors (Lipinski definition) is 5. The molecule has 1 saturated heterocycles. The maximum Gasteiger partial charge on any atom is 0.257 e. The normalized spacial score (nSPS) is 14.2. The van der Waals surface area contributed by atoms with Crippen LogP contribution in [-0.2, 0) is 11.3 Å². The van der Waals surface area contributed by atoms with Crippen LogP contribution in [0, 0.1) is 19.8 Å². The van der Waals surface area contributed by atoms with Gasteiger partial charge in [0.15, 0.2) is 0 Å². The summed E-state index contributed by atoms with van der Waals surface area (Å²) < 4.78 is 10.9. The van der Waals surface area contributed by atoms with Gasteiger partial charge >= 0.3 is 0 Å². The summed E-state index contributed by atoms with van der Waals surface area (Å²) in [6.45, 7) is 5.55. The van der Waals surface area contributed by atoms with Gasteiger partial charge < -0.3 is 19.4 Å². The van der Waals surface area contributed by atoms with Gasteiger partial charge in [-0.15, -0.1) is 0 Å². The highest BCUT2D eigenvalue weighted by Gasteiger charge is 2.28. The number of amides is 2. The van der Waals surface area contributed by atoms with Crippen molar-refractivity contribution >= 4 is 11.8 Å². The zero-order chi connectivity index (χ0) is 22.5. The van der Waals surface area contributed by atoms with E-state index in [9.17, 15) is 9.59 Å². The number of nitrogens with one attached hydrogen (secondary N) is 1. The first-order chi connectivity index (χ1) is 15.5. The molecule has 0 unspecified atom stereocenters. The Morgan fingerprint density at radius 1 is 1.16 bits per heavy atom. The lowest BCUT2D eigenvalue weighted by Crippen LogP contribution is -2.42. The number of aryl methyl sites for hydroxylation is 2. The van der Waals surface area contributed by atoms with E-state index >= 15 is 0 Å². The number of nitrogens with zero attached hydrogens (tertiary/aromatic N) is 2. The number of carbonyl (C=O) groups excluding carboxylic acids is 2. The van der Waals surface area contributed by atoms with E-state index in [1.54, 1.807) is 17.2 Å². The maximum absolute atomic E-state index is 12.6. The zero-order valence-electron chi connectivity index (χ0n) is 18.3. The van der Waals surface area contributed by atoms with Gasteiger partial charge in [-0.05, 0) is 55.5 Å². The molecule has 4 rings (SSSR count). The number of ether oxygens (including phenoxy) is 1. The average molecular weight is 434 g/mol. The van der Waals surface area contributed by atoms with Gasteiger partial charge in [-0.1, -0.05) is 18.2 Å². The van der Waals surface area contributed by atoms with Crippen molar-refractivity contribution in [2.24, 2.45) is 5.92 Å². The van der Waals surface area contributed by atoms with Gasteiger partial charge in [0.2, 0.25) is 11.8 Å². The SMILES string of the molecule is Cc1ccc(C)c(Oc2ccc(CNC(=O)C3CCN(C(=O)c4ccoc4)CC3)cn2)c1. The molecule has 0 bridgehead atoms. The van der Waals surface area contributed by atoms with Crippen LogP contribution in [-0.4, -0.2) is 34.8 Å². The first-order valence-corrected chi connectivity index (χ1v) is 10.8. The molecule has 0 radical (unpaired) electrons. The molecule has 3 heterocycles. The summed E-state index contributed by atoms with van der Waals surface area (Å²) in [5.74, 6) is 1.17. The number of furan rings is 1. The van der Waals surface area contributed by atoms with Crippen molar-refractivity contribution in [2.75, 3.05) is 13.1 Å². The van der Waals surface area contributed by atoms with Crippen molar-refractivity contribution in [1.82, 2.24) is 15.2 Å². The molecule has 166 valence electrons. The first kappa shape index (κ1) is 21.6. The Morgan fingerprint density at radius 2 is 1.97 bits per heavy atom. The van der Waals surface area contributed by atoms with Crippen molar-refractivity contribution in [1.29, 1.82) is 0 Å². The lowest BCUT2D eigenvalue weighted by atomic mass is 9.95. The van der Waals surface area contributed by atoms with Gasteiger partial charge in [0.25, 0.3) is 5.91 Å². The molecule has 2 aromatic heterocycles. The largest absolute Gasteiger partial charge is 0.472 e. The number of likely N-dealkylation sites (tertiary alicyclic amines) is 1. The van der Waals surface area contributed by atoms with E-state index in [4.69, 9.17) is 9.15 Å². The van der Waals surface area contributed by atoms with Crippen molar-refractivity contribution in [2.45, 2.75) is 33.2 Å². The molecule has 1 aromatic carbocycles. The van der Waals surface area contributed by atoms with Crippen LogP contribution in [0.3, 0.4) is 0 Å². The Balaban J connectivity index is 1.24. The Labute approximate surface area is 187 Å². The fourth-order valence-corrected chi connectivity index (χ4v) is 3.75. The number of piperidine rings is 1. The van der Waals surface area contributed by atoms with E-state index in [1.807, 2.05) is 44.2 Å². The van der Waals surface area contributed by atoms with Crippen molar-refractivity contribution in [3.05, 3.63) is 77.4 Å². The van der Waals surface area contributed by atoms with Gasteiger partial charge in [0.05, 0.1) is 11.8 Å². The second-order valence-corrected chi connectivity index (χ2v) is 8.17. The first-order valence-electron chi connectivity index (χ1n) is 10.8. The molecule has 1 aliphatic rings. The molecule has 1 aliphatic heterocycles. The molecule has 32 heavy (non-hydrogen) atoms. The minimum atomic E-state index is -0.0942. The number of hydrogen-bond donors (Lipinski definition) is 1. The predicted molar refractivity (Wildman–Crippen MR) is 119 cm³/mol. The highest BCUT2D eigenvalue weighted by atomic mass is 16.5. The molecule has 0 spiro atoms. The maximum atomic E-state index is 12.6. The van der Waals surface area contributed by atoms with Crippen LogP contribution in [0.15, 0.2) is 59.5 Å². The second kappa shape index (κ2) is 9.68. The fourth-order valence-electron chi connectivity index (χ4n) is 3.75. The second-order valence-electron chi connectivity index (χ2n) is 8.17. The summed E-state index contributed by atoms with van der Waals surface area (Å²) in [7, 11) is 0. The lowest BCUT2D eigenvalue weighted by Gasteiger charge is -2.31. The molecule has 0 saturated carbocycles. The van der Waals surface area contributed by atoms with Crippen LogP contribution in [0.2, 0.25) is 0 Å². The van der Waals surface area contributed by atoms with Gasteiger partial charge in [-0.2, -0.15) is 0 Å². The minimum absolute atomic E-state index is 0.0103. The smallest absolute Gasteiger partial charge is 0.257 e. The van der Waals surface area contributed by atoms with E-state index in [0.717, 1.165) is 22.4 Å². The quantitative estimate of drug-likeness (QED) is 0.628. The van der Waals surface area contributed by atoms with Crippen molar-refractivity contribution < 1.29 is 18.7 Å². The van der Waals surface area contributed by atoms with Gasteiger partial charge in [0, 0.05) is 37.8 Å². The van der Waals surface area contributed by atoms with Crippen LogP contribution in [0.1, 0.15) is 39.9 Å². The summed E-state index contributed by atoms with van der Waals surface area (Å²) in [6, 6.07) is 11.4. The fraction of sp³-hybridized carbons (Fsp3) is 0.320. The molecule has 3 aromatic rings. The van der Waals surface area contributed by atoms with E-state index in [1.165, 1.54) is 12.5 Å². The van der Waals surface area contributed by atoms with Gasteiger partial charge in [-0.3, -0.25) is 9.59 Å². The summed E-state index contributed by atoms with van der Waals surface area (Å²) >= 11 is 0. The van der Waals surface area contributed by atoms with Gasteiger partial charge in [0.1, 0.15) is 12.0 Å². The Kier molecular flexibility index (Phi) is 6.54. The number of benzene rings is 1. The van der Waals surface area contributed by atoms with E-state index in [0.29, 0.717) is 43.9 Å². The van der Waals surface area contributed by atoms with Crippen LogP contribution in [0.25, 0.3) is 0 Å². The van der Waals surface area contributed by atoms with Gasteiger partial charge in [-0.25, -0.2) is 4.98 Å². The molecule has 7 heteroatoms. The third-order valence-corrected chi connectivity index (χ3v) is 5.74.